The number of benzene rings is 2. The molecule has 0 unspecified atom stereocenters. The molecule has 0 aliphatic carbocycles. The summed E-state index contributed by atoms with van der Waals surface area (Å²) in [5.41, 5.74) is 1.76. The second-order valence-electron chi connectivity index (χ2n) is 5.62. The highest BCUT2D eigenvalue weighted by Gasteiger charge is 2.06. The maximum absolute atomic E-state index is 13.0. The summed E-state index contributed by atoms with van der Waals surface area (Å²) in [6.07, 6.45) is 0. The van der Waals surface area contributed by atoms with Gasteiger partial charge in [-0.1, -0.05) is 23.2 Å². The van der Waals surface area contributed by atoms with E-state index in [-0.39, 0.29) is 19.0 Å². The number of ether oxygens (including phenoxy) is 1. The van der Waals surface area contributed by atoms with E-state index in [9.17, 15) is 9.18 Å². The number of urea groups is 1. The molecule has 2 amide bonds. The Morgan fingerprint density at radius 1 is 1.04 bits per heavy atom. The quantitative estimate of drug-likeness (QED) is 0.562. The Hall–Kier alpha value is -2.90. The lowest BCUT2D eigenvalue weighted by atomic mass is 10.1. The molecule has 144 valence electrons. The molecule has 9 heteroatoms. The number of aromatic nitrogens is 2. The fraction of sp³-hybridized carbons (Fsp3) is 0.105. The van der Waals surface area contributed by atoms with Gasteiger partial charge < -0.3 is 15.4 Å². The van der Waals surface area contributed by atoms with E-state index in [2.05, 4.69) is 20.8 Å². The molecule has 1 aromatic heterocycles. The monoisotopic (exact) mass is 420 g/mol. The molecule has 0 aliphatic rings. The zero-order valence-corrected chi connectivity index (χ0v) is 16.0. The maximum atomic E-state index is 13.0. The van der Waals surface area contributed by atoms with Crippen LogP contribution in [0.15, 0.2) is 54.6 Å². The van der Waals surface area contributed by atoms with Crippen LogP contribution in [0.25, 0.3) is 11.3 Å². The number of halogens is 3. The van der Waals surface area contributed by atoms with E-state index in [1.54, 1.807) is 42.5 Å². The SMILES string of the molecule is O=C(NCCOc1ccc(-c2ccc(F)cc2)nn1)Nc1cc(Cl)ccc1Cl. The van der Waals surface area contributed by atoms with E-state index in [1.165, 1.54) is 12.1 Å². The first-order chi connectivity index (χ1) is 13.5. The number of anilines is 1. The van der Waals surface area contributed by atoms with Gasteiger partial charge >= 0.3 is 6.03 Å². The summed E-state index contributed by atoms with van der Waals surface area (Å²) in [6, 6.07) is 13.7. The number of carbonyl (C=O) groups is 1. The number of nitrogens with zero attached hydrogens (tertiary/aromatic N) is 2. The highest BCUT2D eigenvalue weighted by Crippen LogP contribution is 2.25. The molecule has 0 atom stereocenters. The molecule has 0 saturated carbocycles. The Balaban J connectivity index is 1.44. The van der Waals surface area contributed by atoms with Gasteiger partial charge in [-0.25, -0.2) is 9.18 Å². The van der Waals surface area contributed by atoms with Crippen molar-refractivity contribution in [3.05, 3.63) is 70.5 Å². The molecule has 1 heterocycles. The van der Waals surface area contributed by atoms with Gasteiger partial charge in [0.1, 0.15) is 12.4 Å². The summed E-state index contributed by atoms with van der Waals surface area (Å²) in [5.74, 6) is -0.00297. The molecule has 0 spiro atoms. The van der Waals surface area contributed by atoms with Gasteiger partial charge in [0, 0.05) is 16.7 Å². The van der Waals surface area contributed by atoms with Crippen LogP contribution in [0.3, 0.4) is 0 Å². The van der Waals surface area contributed by atoms with Crippen LogP contribution in [0.5, 0.6) is 5.88 Å². The van der Waals surface area contributed by atoms with Crippen molar-refractivity contribution in [2.75, 3.05) is 18.5 Å². The van der Waals surface area contributed by atoms with Crippen LogP contribution < -0.4 is 15.4 Å². The van der Waals surface area contributed by atoms with Crippen LogP contribution in [0.2, 0.25) is 10.0 Å². The van der Waals surface area contributed by atoms with Crippen LogP contribution in [-0.4, -0.2) is 29.4 Å². The molecular formula is C19H15Cl2FN4O2. The van der Waals surface area contributed by atoms with Crippen LogP contribution in [0.4, 0.5) is 14.9 Å². The zero-order valence-electron chi connectivity index (χ0n) is 14.5. The molecule has 2 aromatic carbocycles. The van der Waals surface area contributed by atoms with E-state index in [0.717, 1.165) is 5.56 Å². The van der Waals surface area contributed by atoms with E-state index in [4.69, 9.17) is 27.9 Å². The lowest BCUT2D eigenvalue weighted by Crippen LogP contribution is -2.32. The lowest BCUT2D eigenvalue weighted by molar-refractivity contribution is 0.246. The third-order valence-corrected chi connectivity index (χ3v) is 4.16. The third kappa shape index (κ3) is 5.55. The van der Waals surface area contributed by atoms with Gasteiger partial charge in [-0.2, -0.15) is 0 Å². The summed E-state index contributed by atoms with van der Waals surface area (Å²) < 4.78 is 18.4. The fourth-order valence-electron chi connectivity index (χ4n) is 2.25. The first-order valence-electron chi connectivity index (χ1n) is 8.23. The topological polar surface area (TPSA) is 76.1 Å². The summed E-state index contributed by atoms with van der Waals surface area (Å²) >= 11 is 11.9. The number of nitrogens with one attached hydrogen (secondary N) is 2. The van der Waals surface area contributed by atoms with Crippen LogP contribution >= 0.6 is 23.2 Å². The van der Waals surface area contributed by atoms with Gasteiger partial charge in [-0.15, -0.1) is 10.2 Å². The Morgan fingerprint density at radius 2 is 1.82 bits per heavy atom. The minimum absolute atomic E-state index is 0.196. The molecule has 0 radical (unpaired) electrons. The van der Waals surface area contributed by atoms with Crippen molar-refractivity contribution in [1.82, 2.24) is 15.5 Å². The van der Waals surface area contributed by atoms with Crippen LogP contribution in [0, 0.1) is 5.82 Å². The Morgan fingerprint density at radius 3 is 2.54 bits per heavy atom. The summed E-state index contributed by atoms with van der Waals surface area (Å²) in [7, 11) is 0. The van der Waals surface area contributed by atoms with Crippen molar-refractivity contribution in [2.24, 2.45) is 0 Å². The average molecular weight is 421 g/mol. The molecular weight excluding hydrogens is 406 g/mol. The third-order valence-electron chi connectivity index (χ3n) is 3.59. The number of rotatable bonds is 6. The maximum Gasteiger partial charge on any atom is 0.319 e. The van der Waals surface area contributed by atoms with E-state index in [0.29, 0.717) is 27.3 Å². The number of carbonyl (C=O) groups excluding carboxylic acids is 1. The number of hydrogen-bond donors (Lipinski definition) is 2. The van der Waals surface area contributed by atoms with Gasteiger partial charge in [-0.05, 0) is 48.5 Å². The van der Waals surface area contributed by atoms with E-state index >= 15 is 0 Å². The van der Waals surface area contributed by atoms with Gasteiger partial charge in [-0.3, -0.25) is 0 Å². The first-order valence-corrected chi connectivity index (χ1v) is 8.99. The lowest BCUT2D eigenvalue weighted by Gasteiger charge is -2.10. The Bertz CT molecular complexity index is 953. The molecule has 6 nitrogen and oxygen atoms in total. The second-order valence-corrected chi connectivity index (χ2v) is 6.46. The van der Waals surface area contributed by atoms with Crippen molar-refractivity contribution in [2.45, 2.75) is 0 Å². The first kappa shape index (κ1) is 19.9. The summed E-state index contributed by atoms with van der Waals surface area (Å²) in [4.78, 5) is 11.9. The van der Waals surface area contributed by atoms with Crippen molar-refractivity contribution in [1.29, 1.82) is 0 Å². The molecule has 0 fully saturated rings. The molecule has 2 N–H and O–H groups in total. The van der Waals surface area contributed by atoms with Gasteiger partial charge in [0.25, 0.3) is 0 Å². The largest absolute Gasteiger partial charge is 0.475 e. The standard InChI is InChI=1S/C19H15Cl2FN4O2/c20-13-3-6-15(21)17(11-13)24-19(27)23-9-10-28-18-8-7-16(25-26-18)12-1-4-14(22)5-2-12/h1-8,11H,9-10H2,(H2,23,24,27). The molecule has 0 bridgehead atoms. The number of amides is 2. The molecule has 3 rings (SSSR count). The normalized spacial score (nSPS) is 10.4. The Kier molecular flexibility index (Phi) is 6.62. The van der Waals surface area contributed by atoms with Crippen molar-refractivity contribution < 1.29 is 13.9 Å². The van der Waals surface area contributed by atoms with Gasteiger partial charge in [0.2, 0.25) is 5.88 Å². The van der Waals surface area contributed by atoms with E-state index < -0.39 is 6.03 Å². The molecule has 28 heavy (non-hydrogen) atoms. The molecule has 3 aromatic rings. The van der Waals surface area contributed by atoms with Crippen LogP contribution in [-0.2, 0) is 0 Å². The van der Waals surface area contributed by atoms with Crippen molar-refractivity contribution in [3.63, 3.8) is 0 Å². The minimum atomic E-state index is -0.439. The molecule has 0 aliphatic heterocycles. The smallest absolute Gasteiger partial charge is 0.319 e. The second kappa shape index (κ2) is 9.34. The predicted molar refractivity (Wildman–Crippen MR) is 106 cm³/mol. The summed E-state index contributed by atoms with van der Waals surface area (Å²) in [6.45, 7) is 0.437. The fourth-order valence-corrected chi connectivity index (χ4v) is 2.59. The minimum Gasteiger partial charge on any atom is -0.475 e. The summed E-state index contributed by atoms with van der Waals surface area (Å²) in [5, 5.41) is 14.1. The van der Waals surface area contributed by atoms with Crippen LogP contribution in [0.1, 0.15) is 0 Å². The van der Waals surface area contributed by atoms with Gasteiger partial charge in [0.05, 0.1) is 22.9 Å². The van der Waals surface area contributed by atoms with Crippen molar-refractivity contribution in [3.8, 4) is 17.1 Å². The highest BCUT2D eigenvalue weighted by atomic mass is 35.5. The number of hydrogen-bond acceptors (Lipinski definition) is 4. The molecule has 0 saturated heterocycles. The Labute approximate surface area is 170 Å². The van der Waals surface area contributed by atoms with Gasteiger partial charge in [0.15, 0.2) is 0 Å². The highest BCUT2D eigenvalue weighted by molar-refractivity contribution is 6.35. The zero-order chi connectivity index (χ0) is 19.9. The predicted octanol–water partition coefficient (Wildman–Crippen LogP) is 4.79. The van der Waals surface area contributed by atoms with Crippen molar-refractivity contribution >= 4 is 34.9 Å². The van der Waals surface area contributed by atoms with E-state index in [1.807, 2.05) is 0 Å². The average Bonchev–Trinajstić information content (AvgIpc) is 2.69.